The third-order valence-corrected chi connectivity index (χ3v) is 3.68. The summed E-state index contributed by atoms with van der Waals surface area (Å²) in [6.07, 6.45) is 0. The summed E-state index contributed by atoms with van der Waals surface area (Å²) in [4.78, 5) is 5.82. The van der Waals surface area contributed by atoms with Gasteiger partial charge in [-0.3, -0.25) is 0 Å². The molecule has 0 aliphatic carbocycles. The topological polar surface area (TPSA) is 18.5 Å². The van der Waals surface area contributed by atoms with Crippen LogP contribution in [0, 0.1) is 0 Å². The first-order valence-corrected chi connectivity index (χ1v) is 7.05. The van der Waals surface area contributed by atoms with Gasteiger partial charge in [-0.15, -0.1) is 11.3 Å². The van der Waals surface area contributed by atoms with Gasteiger partial charge in [-0.25, -0.2) is 0 Å². The summed E-state index contributed by atoms with van der Waals surface area (Å²) in [6.45, 7) is 5.20. The zero-order chi connectivity index (χ0) is 12.7. The molecule has 0 amide bonds. The molecule has 0 saturated carbocycles. The fourth-order valence-corrected chi connectivity index (χ4v) is 2.65. The zero-order valence-electron chi connectivity index (χ0n) is 10.9. The largest absolute Gasteiger partial charge is 0.314 e. The molecular weight excluding hydrogens is 254 g/mol. The summed E-state index contributed by atoms with van der Waals surface area (Å²) in [7, 11) is 6.32. The van der Waals surface area contributed by atoms with E-state index in [2.05, 4.69) is 42.3 Å². The average molecular weight is 276 g/mol. The predicted octanol–water partition coefficient (Wildman–Crippen LogP) is 1.98. The molecule has 1 N–H and O–H groups in total. The number of hydrogen-bond donors (Lipinski definition) is 1. The maximum absolute atomic E-state index is 5.90. The van der Waals surface area contributed by atoms with E-state index in [-0.39, 0.29) is 0 Å². The molecule has 3 nitrogen and oxygen atoms in total. The van der Waals surface area contributed by atoms with E-state index in [1.807, 2.05) is 6.07 Å². The van der Waals surface area contributed by atoms with Crippen molar-refractivity contribution >= 4 is 22.9 Å². The first kappa shape index (κ1) is 14.9. The van der Waals surface area contributed by atoms with Gasteiger partial charge in [0.1, 0.15) is 0 Å². The molecule has 0 bridgehead atoms. The van der Waals surface area contributed by atoms with Gasteiger partial charge in [-0.2, -0.15) is 0 Å². The molecule has 0 unspecified atom stereocenters. The molecule has 0 aliphatic rings. The Bertz CT molecular complexity index is 314. The molecule has 0 radical (unpaired) electrons. The number of nitrogens with zero attached hydrogens (tertiary/aromatic N) is 2. The fraction of sp³-hybridized carbons (Fsp3) is 0.667. The van der Waals surface area contributed by atoms with E-state index >= 15 is 0 Å². The number of likely N-dealkylation sites (N-methyl/N-ethyl adjacent to an activating group) is 2. The van der Waals surface area contributed by atoms with Gasteiger partial charge < -0.3 is 15.1 Å². The second kappa shape index (κ2) is 8.06. The minimum Gasteiger partial charge on any atom is -0.314 e. The Morgan fingerprint density at radius 3 is 2.47 bits per heavy atom. The van der Waals surface area contributed by atoms with Crippen LogP contribution in [0.15, 0.2) is 12.1 Å². The van der Waals surface area contributed by atoms with Crippen LogP contribution >= 0.6 is 22.9 Å². The van der Waals surface area contributed by atoms with Crippen molar-refractivity contribution in [2.24, 2.45) is 0 Å². The number of thiophene rings is 1. The Balaban J connectivity index is 2.07. The van der Waals surface area contributed by atoms with Gasteiger partial charge in [0.05, 0.1) is 4.34 Å². The minimum atomic E-state index is 0.873. The van der Waals surface area contributed by atoms with E-state index in [9.17, 15) is 0 Å². The van der Waals surface area contributed by atoms with Crippen molar-refractivity contribution in [2.75, 3.05) is 47.3 Å². The van der Waals surface area contributed by atoms with Crippen molar-refractivity contribution in [1.82, 2.24) is 15.1 Å². The van der Waals surface area contributed by atoms with Crippen LogP contribution in [0.2, 0.25) is 4.34 Å². The lowest BCUT2D eigenvalue weighted by Crippen LogP contribution is -2.32. The Kier molecular flexibility index (Phi) is 7.08. The summed E-state index contributed by atoms with van der Waals surface area (Å²) in [6, 6.07) is 4.06. The van der Waals surface area contributed by atoms with E-state index in [1.165, 1.54) is 4.88 Å². The first-order valence-electron chi connectivity index (χ1n) is 5.86. The second-order valence-electron chi connectivity index (χ2n) is 4.50. The van der Waals surface area contributed by atoms with Gasteiger partial charge in [-0.05, 0) is 33.3 Å². The SMILES string of the molecule is CN(C)CCNCCN(C)Cc1ccc(Cl)s1. The molecule has 0 atom stereocenters. The normalized spacial score (nSPS) is 11.6. The lowest BCUT2D eigenvalue weighted by atomic mass is 10.4. The van der Waals surface area contributed by atoms with E-state index in [0.29, 0.717) is 0 Å². The lowest BCUT2D eigenvalue weighted by molar-refractivity contribution is 0.321. The molecule has 0 fully saturated rings. The number of halogens is 1. The highest BCUT2D eigenvalue weighted by Gasteiger charge is 2.02. The van der Waals surface area contributed by atoms with Crippen LogP contribution in [0.4, 0.5) is 0 Å². The van der Waals surface area contributed by atoms with Crippen LogP contribution in [-0.4, -0.2) is 57.1 Å². The molecule has 5 heteroatoms. The molecule has 0 saturated heterocycles. The van der Waals surface area contributed by atoms with Crippen LogP contribution in [0.3, 0.4) is 0 Å². The van der Waals surface area contributed by atoms with Crippen LogP contribution in [-0.2, 0) is 6.54 Å². The highest BCUT2D eigenvalue weighted by Crippen LogP contribution is 2.22. The number of hydrogen-bond acceptors (Lipinski definition) is 4. The smallest absolute Gasteiger partial charge is 0.0931 e. The monoisotopic (exact) mass is 275 g/mol. The predicted molar refractivity (Wildman–Crippen MR) is 77.1 cm³/mol. The summed E-state index contributed by atoms with van der Waals surface area (Å²) in [5, 5.41) is 3.43. The molecule has 0 spiro atoms. The summed E-state index contributed by atoms with van der Waals surface area (Å²) < 4.78 is 0.873. The maximum Gasteiger partial charge on any atom is 0.0931 e. The lowest BCUT2D eigenvalue weighted by Gasteiger charge is -2.16. The Morgan fingerprint density at radius 2 is 1.88 bits per heavy atom. The van der Waals surface area contributed by atoms with Gasteiger partial charge in [0.2, 0.25) is 0 Å². The highest BCUT2D eigenvalue weighted by molar-refractivity contribution is 7.16. The van der Waals surface area contributed by atoms with Crippen LogP contribution in [0.1, 0.15) is 4.88 Å². The van der Waals surface area contributed by atoms with E-state index < -0.39 is 0 Å². The van der Waals surface area contributed by atoms with Crippen molar-refractivity contribution in [3.63, 3.8) is 0 Å². The number of rotatable bonds is 8. The molecule has 1 aromatic rings. The standard InChI is InChI=1S/C12H22ClN3S/c1-15(2)8-6-14-7-9-16(3)10-11-4-5-12(13)17-11/h4-5,14H,6-10H2,1-3H3. The van der Waals surface area contributed by atoms with Crippen molar-refractivity contribution in [3.05, 3.63) is 21.3 Å². The van der Waals surface area contributed by atoms with Crippen LogP contribution < -0.4 is 5.32 Å². The molecule has 0 aliphatic heterocycles. The Hall–Kier alpha value is -0.130. The van der Waals surface area contributed by atoms with Crippen molar-refractivity contribution in [2.45, 2.75) is 6.54 Å². The average Bonchev–Trinajstić information content (AvgIpc) is 2.63. The fourth-order valence-electron chi connectivity index (χ4n) is 1.48. The molecular formula is C12H22ClN3S. The first-order chi connectivity index (χ1) is 8.08. The van der Waals surface area contributed by atoms with Crippen molar-refractivity contribution < 1.29 is 0 Å². The van der Waals surface area contributed by atoms with Crippen molar-refractivity contribution in [1.29, 1.82) is 0 Å². The number of nitrogens with one attached hydrogen (secondary N) is 1. The molecule has 0 aromatic carbocycles. The molecule has 1 heterocycles. The molecule has 1 aromatic heterocycles. The molecule has 17 heavy (non-hydrogen) atoms. The zero-order valence-corrected chi connectivity index (χ0v) is 12.4. The van der Waals surface area contributed by atoms with E-state index in [4.69, 9.17) is 11.6 Å². The second-order valence-corrected chi connectivity index (χ2v) is 6.30. The van der Waals surface area contributed by atoms with Crippen LogP contribution in [0.5, 0.6) is 0 Å². The Morgan fingerprint density at radius 1 is 1.18 bits per heavy atom. The van der Waals surface area contributed by atoms with Gasteiger partial charge in [0.15, 0.2) is 0 Å². The van der Waals surface area contributed by atoms with Gasteiger partial charge in [0.25, 0.3) is 0 Å². The van der Waals surface area contributed by atoms with Gasteiger partial charge in [0, 0.05) is 37.6 Å². The Labute approximate surface area is 113 Å². The van der Waals surface area contributed by atoms with Crippen molar-refractivity contribution in [3.8, 4) is 0 Å². The van der Waals surface area contributed by atoms with Gasteiger partial charge in [-0.1, -0.05) is 11.6 Å². The third-order valence-electron chi connectivity index (χ3n) is 2.46. The molecule has 1 rings (SSSR count). The third kappa shape index (κ3) is 7.01. The maximum atomic E-state index is 5.90. The highest BCUT2D eigenvalue weighted by atomic mass is 35.5. The van der Waals surface area contributed by atoms with Crippen LogP contribution in [0.25, 0.3) is 0 Å². The summed E-state index contributed by atoms with van der Waals surface area (Å²) >= 11 is 7.56. The summed E-state index contributed by atoms with van der Waals surface area (Å²) in [5.41, 5.74) is 0. The van der Waals surface area contributed by atoms with E-state index in [1.54, 1.807) is 11.3 Å². The summed E-state index contributed by atoms with van der Waals surface area (Å²) in [5.74, 6) is 0. The van der Waals surface area contributed by atoms with E-state index in [0.717, 1.165) is 37.1 Å². The van der Waals surface area contributed by atoms with Gasteiger partial charge >= 0.3 is 0 Å². The molecule has 98 valence electrons. The minimum absolute atomic E-state index is 0.873. The quantitative estimate of drug-likeness (QED) is 0.732.